The number of amides is 2. The van der Waals surface area contributed by atoms with Crippen molar-refractivity contribution < 1.29 is 19.4 Å². The SMILES string of the molecule is COCC(C)(C)NC(=O)NCC1(C(=O)O)CC1. The highest BCUT2D eigenvalue weighted by molar-refractivity contribution is 5.80. The Morgan fingerprint density at radius 3 is 2.41 bits per heavy atom. The van der Waals surface area contributed by atoms with Crippen LogP contribution in [0.2, 0.25) is 0 Å². The van der Waals surface area contributed by atoms with Crippen LogP contribution in [0.3, 0.4) is 0 Å². The van der Waals surface area contributed by atoms with Crippen molar-refractivity contribution in [2.24, 2.45) is 5.41 Å². The number of urea groups is 1. The summed E-state index contributed by atoms with van der Waals surface area (Å²) < 4.78 is 4.97. The van der Waals surface area contributed by atoms with Gasteiger partial charge in [0.05, 0.1) is 17.6 Å². The van der Waals surface area contributed by atoms with Gasteiger partial charge in [0.25, 0.3) is 0 Å². The highest BCUT2D eigenvalue weighted by atomic mass is 16.5. The summed E-state index contributed by atoms with van der Waals surface area (Å²) in [6.45, 7) is 4.24. The molecule has 0 aliphatic heterocycles. The van der Waals surface area contributed by atoms with E-state index in [1.165, 1.54) is 0 Å². The molecule has 1 aliphatic rings. The summed E-state index contributed by atoms with van der Waals surface area (Å²) in [5, 5.41) is 14.3. The van der Waals surface area contributed by atoms with Crippen LogP contribution in [-0.4, -0.2) is 42.9 Å². The molecule has 6 heteroatoms. The van der Waals surface area contributed by atoms with Crippen molar-refractivity contribution in [2.45, 2.75) is 32.2 Å². The number of carboxylic acid groups (broad SMARTS) is 1. The fourth-order valence-electron chi connectivity index (χ4n) is 1.62. The van der Waals surface area contributed by atoms with E-state index in [0.717, 1.165) is 0 Å². The van der Waals surface area contributed by atoms with E-state index in [9.17, 15) is 9.59 Å². The van der Waals surface area contributed by atoms with Crippen molar-refractivity contribution in [1.29, 1.82) is 0 Å². The molecule has 0 atom stereocenters. The van der Waals surface area contributed by atoms with Gasteiger partial charge in [-0.25, -0.2) is 4.79 Å². The number of carbonyl (C=O) groups excluding carboxylic acids is 1. The molecule has 0 aromatic heterocycles. The van der Waals surface area contributed by atoms with Crippen LogP contribution in [0.4, 0.5) is 4.79 Å². The van der Waals surface area contributed by atoms with Crippen LogP contribution in [0.15, 0.2) is 0 Å². The highest BCUT2D eigenvalue weighted by Gasteiger charge is 2.50. The second kappa shape index (κ2) is 4.91. The summed E-state index contributed by atoms with van der Waals surface area (Å²) in [6, 6.07) is -0.362. The van der Waals surface area contributed by atoms with Crippen molar-refractivity contribution in [2.75, 3.05) is 20.3 Å². The third-order valence-corrected chi connectivity index (χ3v) is 2.85. The highest BCUT2D eigenvalue weighted by Crippen LogP contribution is 2.45. The number of ether oxygens (including phenoxy) is 1. The van der Waals surface area contributed by atoms with Crippen molar-refractivity contribution in [3.05, 3.63) is 0 Å². The Balaban J connectivity index is 2.33. The molecule has 1 aliphatic carbocycles. The maximum absolute atomic E-state index is 11.6. The molecule has 0 heterocycles. The molecular weight excluding hydrogens is 224 g/mol. The standard InChI is InChI=1S/C11H20N2O4/c1-10(2,7-17-3)13-9(16)12-6-11(4-5-11)8(14)15/h4-7H2,1-3H3,(H,14,15)(H2,12,13,16). The van der Waals surface area contributed by atoms with E-state index >= 15 is 0 Å². The van der Waals surface area contributed by atoms with Crippen molar-refractivity contribution in [3.8, 4) is 0 Å². The Labute approximate surface area is 101 Å². The van der Waals surface area contributed by atoms with E-state index in [4.69, 9.17) is 9.84 Å². The van der Waals surface area contributed by atoms with Gasteiger partial charge in [-0.3, -0.25) is 4.79 Å². The van der Waals surface area contributed by atoms with Gasteiger partial charge in [-0.15, -0.1) is 0 Å². The number of rotatable bonds is 6. The summed E-state index contributed by atoms with van der Waals surface area (Å²) in [6.07, 6.45) is 1.26. The Hall–Kier alpha value is -1.30. The zero-order valence-electron chi connectivity index (χ0n) is 10.5. The summed E-state index contributed by atoms with van der Waals surface area (Å²) in [5.41, 5.74) is -1.21. The molecule has 0 spiro atoms. The summed E-state index contributed by atoms with van der Waals surface area (Å²) in [4.78, 5) is 22.5. The average molecular weight is 244 g/mol. The number of carbonyl (C=O) groups is 2. The molecule has 1 rings (SSSR count). The lowest BCUT2D eigenvalue weighted by Crippen LogP contribution is -2.52. The smallest absolute Gasteiger partial charge is 0.315 e. The Morgan fingerprint density at radius 2 is 2.00 bits per heavy atom. The molecule has 6 nitrogen and oxygen atoms in total. The number of methoxy groups -OCH3 is 1. The van der Waals surface area contributed by atoms with Crippen LogP contribution in [0.25, 0.3) is 0 Å². The molecule has 17 heavy (non-hydrogen) atoms. The van der Waals surface area contributed by atoms with E-state index in [1.54, 1.807) is 7.11 Å². The Kier molecular flexibility index (Phi) is 3.98. The molecule has 0 aromatic rings. The van der Waals surface area contributed by atoms with Gasteiger partial charge in [-0.05, 0) is 26.7 Å². The molecule has 0 unspecified atom stereocenters. The van der Waals surface area contributed by atoms with Gasteiger partial charge >= 0.3 is 12.0 Å². The Bertz CT molecular complexity index is 311. The number of aliphatic carboxylic acids is 1. The summed E-state index contributed by atoms with van der Waals surface area (Å²) in [7, 11) is 1.56. The minimum Gasteiger partial charge on any atom is -0.481 e. The molecule has 1 fully saturated rings. The number of hydrogen-bond acceptors (Lipinski definition) is 3. The molecule has 0 saturated heterocycles. The monoisotopic (exact) mass is 244 g/mol. The zero-order chi connectivity index (χ0) is 13.1. The Morgan fingerprint density at radius 1 is 1.41 bits per heavy atom. The molecule has 0 radical (unpaired) electrons. The summed E-state index contributed by atoms with van der Waals surface area (Å²) in [5.74, 6) is -0.839. The average Bonchev–Trinajstić information content (AvgIpc) is 2.94. The molecule has 2 amide bonds. The summed E-state index contributed by atoms with van der Waals surface area (Å²) >= 11 is 0. The third kappa shape index (κ3) is 3.89. The second-order valence-corrected chi connectivity index (χ2v) is 5.21. The van der Waals surface area contributed by atoms with Gasteiger partial charge in [0, 0.05) is 13.7 Å². The topological polar surface area (TPSA) is 87.7 Å². The van der Waals surface area contributed by atoms with Crippen molar-refractivity contribution in [3.63, 3.8) is 0 Å². The third-order valence-electron chi connectivity index (χ3n) is 2.85. The van der Waals surface area contributed by atoms with Crippen LogP contribution in [-0.2, 0) is 9.53 Å². The van der Waals surface area contributed by atoms with Crippen LogP contribution in [0.1, 0.15) is 26.7 Å². The second-order valence-electron chi connectivity index (χ2n) is 5.21. The van der Waals surface area contributed by atoms with E-state index in [2.05, 4.69) is 10.6 Å². The normalized spacial score (nSPS) is 17.4. The number of nitrogens with one attached hydrogen (secondary N) is 2. The van der Waals surface area contributed by atoms with Crippen molar-refractivity contribution >= 4 is 12.0 Å². The quantitative estimate of drug-likeness (QED) is 0.637. The molecular formula is C11H20N2O4. The van der Waals surface area contributed by atoms with Crippen LogP contribution >= 0.6 is 0 Å². The van der Waals surface area contributed by atoms with E-state index < -0.39 is 16.9 Å². The first-order valence-electron chi connectivity index (χ1n) is 5.60. The first-order valence-corrected chi connectivity index (χ1v) is 5.60. The molecule has 98 valence electrons. The molecule has 1 saturated carbocycles. The molecule has 3 N–H and O–H groups in total. The van der Waals surface area contributed by atoms with Gasteiger partial charge in [-0.1, -0.05) is 0 Å². The predicted molar refractivity (Wildman–Crippen MR) is 61.8 cm³/mol. The fourth-order valence-corrected chi connectivity index (χ4v) is 1.62. The minimum atomic E-state index is -0.839. The molecule has 0 bridgehead atoms. The maximum Gasteiger partial charge on any atom is 0.315 e. The largest absolute Gasteiger partial charge is 0.481 e. The van der Waals surface area contributed by atoms with E-state index in [1.807, 2.05) is 13.8 Å². The van der Waals surface area contributed by atoms with Gasteiger partial charge in [0.2, 0.25) is 0 Å². The fraction of sp³-hybridized carbons (Fsp3) is 0.818. The van der Waals surface area contributed by atoms with Gasteiger partial charge < -0.3 is 20.5 Å². The van der Waals surface area contributed by atoms with Gasteiger partial charge in [0.1, 0.15) is 0 Å². The van der Waals surface area contributed by atoms with E-state index in [-0.39, 0.29) is 12.6 Å². The van der Waals surface area contributed by atoms with Crippen molar-refractivity contribution in [1.82, 2.24) is 10.6 Å². The van der Waals surface area contributed by atoms with Crippen LogP contribution in [0.5, 0.6) is 0 Å². The van der Waals surface area contributed by atoms with Crippen LogP contribution < -0.4 is 10.6 Å². The predicted octanol–water partition coefficient (Wildman–Crippen LogP) is 0.575. The number of carboxylic acids is 1. The lowest BCUT2D eigenvalue weighted by Gasteiger charge is -2.25. The number of hydrogen-bond donors (Lipinski definition) is 3. The first-order chi connectivity index (χ1) is 7.81. The van der Waals surface area contributed by atoms with Gasteiger partial charge in [0.15, 0.2) is 0 Å². The lowest BCUT2D eigenvalue weighted by molar-refractivity contribution is -0.143. The van der Waals surface area contributed by atoms with Gasteiger partial charge in [-0.2, -0.15) is 0 Å². The lowest BCUT2D eigenvalue weighted by atomic mass is 10.1. The molecule has 0 aromatic carbocycles. The van der Waals surface area contributed by atoms with E-state index in [0.29, 0.717) is 19.4 Å². The maximum atomic E-state index is 11.6. The first kappa shape index (κ1) is 13.8. The zero-order valence-corrected chi connectivity index (χ0v) is 10.5. The van der Waals surface area contributed by atoms with Crippen LogP contribution in [0, 0.1) is 5.41 Å². The minimum absolute atomic E-state index is 0.178.